The molecule has 22 heavy (non-hydrogen) atoms. The third-order valence-corrected chi connectivity index (χ3v) is 4.57. The molecular formula is C15H23N5O2. The first-order valence-corrected chi connectivity index (χ1v) is 8.01. The SMILES string of the molecule is CCc1nc2c(c(=O)n(C3CCNCC3)c(=O)n2C)n1CC. The summed E-state index contributed by atoms with van der Waals surface area (Å²) in [6.45, 7) is 6.37. The van der Waals surface area contributed by atoms with Crippen LogP contribution in [-0.4, -0.2) is 31.8 Å². The Balaban J connectivity index is 2.34. The summed E-state index contributed by atoms with van der Waals surface area (Å²) in [4.78, 5) is 30.1. The molecule has 1 aliphatic heterocycles. The Morgan fingerprint density at radius 2 is 1.91 bits per heavy atom. The van der Waals surface area contributed by atoms with Gasteiger partial charge in [-0.25, -0.2) is 9.78 Å². The van der Waals surface area contributed by atoms with Crippen molar-refractivity contribution in [2.45, 2.75) is 45.7 Å². The van der Waals surface area contributed by atoms with E-state index < -0.39 is 0 Å². The molecule has 1 N–H and O–H groups in total. The lowest BCUT2D eigenvalue weighted by Gasteiger charge is -2.24. The van der Waals surface area contributed by atoms with Gasteiger partial charge in [0.15, 0.2) is 11.2 Å². The van der Waals surface area contributed by atoms with E-state index in [9.17, 15) is 9.59 Å². The van der Waals surface area contributed by atoms with Gasteiger partial charge in [-0.15, -0.1) is 0 Å². The van der Waals surface area contributed by atoms with Crippen LogP contribution in [0.15, 0.2) is 9.59 Å². The van der Waals surface area contributed by atoms with Gasteiger partial charge < -0.3 is 9.88 Å². The minimum Gasteiger partial charge on any atom is -0.322 e. The Kier molecular flexibility index (Phi) is 3.90. The maximum atomic E-state index is 13.0. The lowest BCUT2D eigenvalue weighted by molar-refractivity contribution is 0.347. The van der Waals surface area contributed by atoms with E-state index in [4.69, 9.17) is 0 Å². The zero-order valence-electron chi connectivity index (χ0n) is 13.4. The number of piperidine rings is 1. The van der Waals surface area contributed by atoms with E-state index >= 15 is 0 Å². The quantitative estimate of drug-likeness (QED) is 0.891. The molecule has 3 rings (SSSR count). The molecule has 0 atom stereocenters. The van der Waals surface area contributed by atoms with Crippen LogP contribution >= 0.6 is 0 Å². The molecule has 1 saturated heterocycles. The number of hydrogen-bond donors (Lipinski definition) is 1. The Morgan fingerprint density at radius 3 is 2.50 bits per heavy atom. The Morgan fingerprint density at radius 1 is 1.23 bits per heavy atom. The number of fused-ring (bicyclic) bond motifs is 1. The summed E-state index contributed by atoms with van der Waals surface area (Å²) in [5, 5.41) is 3.27. The highest BCUT2D eigenvalue weighted by atomic mass is 16.2. The molecule has 0 saturated carbocycles. The van der Waals surface area contributed by atoms with Crippen molar-refractivity contribution in [2.24, 2.45) is 7.05 Å². The van der Waals surface area contributed by atoms with E-state index in [0.29, 0.717) is 17.7 Å². The molecule has 0 aliphatic carbocycles. The lowest BCUT2D eigenvalue weighted by Crippen LogP contribution is -2.44. The van der Waals surface area contributed by atoms with Crippen molar-refractivity contribution in [2.75, 3.05) is 13.1 Å². The molecular weight excluding hydrogens is 282 g/mol. The maximum absolute atomic E-state index is 13.0. The zero-order valence-corrected chi connectivity index (χ0v) is 13.4. The molecule has 3 heterocycles. The third-order valence-electron chi connectivity index (χ3n) is 4.57. The number of imidazole rings is 1. The summed E-state index contributed by atoms with van der Waals surface area (Å²) < 4.78 is 4.90. The predicted octanol–water partition coefficient (Wildman–Crippen LogP) is 0.404. The van der Waals surface area contributed by atoms with Crippen molar-refractivity contribution >= 4 is 11.2 Å². The Labute approximate surface area is 128 Å². The minimum atomic E-state index is -0.257. The molecule has 7 heteroatoms. The molecule has 2 aromatic heterocycles. The lowest BCUT2D eigenvalue weighted by atomic mass is 10.1. The summed E-state index contributed by atoms with van der Waals surface area (Å²) >= 11 is 0. The average Bonchev–Trinajstić information content (AvgIpc) is 2.93. The van der Waals surface area contributed by atoms with E-state index in [1.165, 1.54) is 9.13 Å². The van der Waals surface area contributed by atoms with Gasteiger partial charge in [-0.1, -0.05) is 6.92 Å². The van der Waals surface area contributed by atoms with Crippen molar-refractivity contribution in [3.05, 3.63) is 26.7 Å². The number of aromatic nitrogens is 4. The first kappa shape index (κ1) is 15.0. The van der Waals surface area contributed by atoms with Crippen LogP contribution in [-0.2, 0) is 20.0 Å². The molecule has 1 aliphatic rings. The molecule has 0 bridgehead atoms. The summed E-state index contributed by atoms with van der Waals surface area (Å²) in [5.41, 5.74) is 0.603. The van der Waals surface area contributed by atoms with Crippen molar-refractivity contribution in [3.63, 3.8) is 0 Å². The van der Waals surface area contributed by atoms with Gasteiger partial charge in [0.2, 0.25) is 0 Å². The van der Waals surface area contributed by atoms with Gasteiger partial charge in [-0.2, -0.15) is 0 Å². The fraction of sp³-hybridized carbons (Fsp3) is 0.667. The molecule has 7 nitrogen and oxygen atoms in total. The van der Waals surface area contributed by atoms with Gasteiger partial charge in [-0.05, 0) is 32.9 Å². The molecule has 0 unspecified atom stereocenters. The normalized spacial score (nSPS) is 16.5. The van der Waals surface area contributed by atoms with Crippen LogP contribution in [0.4, 0.5) is 0 Å². The summed E-state index contributed by atoms with van der Waals surface area (Å²) in [7, 11) is 1.70. The largest absolute Gasteiger partial charge is 0.332 e. The highest BCUT2D eigenvalue weighted by molar-refractivity contribution is 5.71. The highest BCUT2D eigenvalue weighted by Gasteiger charge is 2.24. The summed E-state index contributed by atoms with van der Waals surface area (Å²) in [6.07, 6.45) is 2.35. The summed E-state index contributed by atoms with van der Waals surface area (Å²) in [5.74, 6) is 0.854. The van der Waals surface area contributed by atoms with Gasteiger partial charge >= 0.3 is 5.69 Å². The monoisotopic (exact) mass is 305 g/mol. The first-order chi connectivity index (χ1) is 10.6. The molecule has 0 amide bonds. The fourth-order valence-corrected chi connectivity index (χ4v) is 3.38. The second kappa shape index (κ2) is 5.72. The van der Waals surface area contributed by atoms with E-state index in [1.54, 1.807) is 7.05 Å². The van der Waals surface area contributed by atoms with E-state index in [2.05, 4.69) is 10.3 Å². The van der Waals surface area contributed by atoms with Crippen LogP contribution in [0.5, 0.6) is 0 Å². The van der Waals surface area contributed by atoms with Gasteiger partial charge in [0.05, 0.1) is 0 Å². The van der Waals surface area contributed by atoms with Gasteiger partial charge in [0.1, 0.15) is 5.82 Å². The minimum absolute atomic E-state index is 0.0258. The van der Waals surface area contributed by atoms with Crippen molar-refractivity contribution in [1.29, 1.82) is 0 Å². The average molecular weight is 305 g/mol. The molecule has 1 fully saturated rings. The number of rotatable bonds is 3. The van der Waals surface area contributed by atoms with Crippen LogP contribution in [0.2, 0.25) is 0 Å². The molecule has 120 valence electrons. The Bertz CT molecular complexity index is 808. The molecule has 2 aromatic rings. The molecule has 0 spiro atoms. The van der Waals surface area contributed by atoms with Gasteiger partial charge in [-0.3, -0.25) is 13.9 Å². The number of nitrogens with one attached hydrogen (secondary N) is 1. The van der Waals surface area contributed by atoms with E-state index in [1.807, 2.05) is 18.4 Å². The van der Waals surface area contributed by atoms with Crippen molar-refractivity contribution in [3.8, 4) is 0 Å². The molecule has 0 radical (unpaired) electrons. The summed E-state index contributed by atoms with van der Waals surface area (Å²) in [6, 6.07) is -0.0258. The van der Waals surface area contributed by atoms with E-state index in [0.717, 1.165) is 38.2 Å². The zero-order chi connectivity index (χ0) is 15.9. The maximum Gasteiger partial charge on any atom is 0.332 e. The number of hydrogen-bond acceptors (Lipinski definition) is 4. The van der Waals surface area contributed by atoms with Crippen LogP contribution < -0.4 is 16.6 Å². The van der Waals surface area contributed by atoms with Crippen LogP contribution in [0.3, 0.4) is 0 Å². The number of aryl methyl sites for hydroxylation is 3. The second-order valence-corrected chi connectivity index (χ2v) is 5.80. The Hall–Kier alpha value is -1.89. The first-order valence-electron chi connectivity index (χ1n) is 8.01. The topological polar surface area (TPSA) is 73.8 Å². The van der Waals surface area contributed by atoms with Crippen molar-refractivity contribution < 1.29 is 0 Å². The van der Waals surface area contributed by atoms with Crippen molar-refractivity contribution in [1.82, 2.24) is 24.0 Å². The predicted molar refractivity (Wildman–Crippen MR) is 85.4 cm³/mol. The van der Waals surface area contributed by atoms with Gasteiger partial charge in [0, 0.05) is 26.1 Å². The van der Waals surface area contributed by atoms with Crippen LogP contribution in [0, 0.1) is 0 Å². The smallest absolute Gasteiger partial charge is 0.322 e. The third kappa shape index (κ3) is 2.11. The standard InChI is InChI=1S/C15H23N5O2/c1-4-11-17-13-12(19(11)5-2)14(21)20(15(22)18(13)3)10-6-8-16-9-7-10/h10,16H,4-9H2,1-3H3. The van der Waals surface area contributed by atoms with E-state index in [-0.39, 0.29) is 17.3 Å². The van der Waals surface area contributed by atoms with Crippen LogP contribution in [0.1, 0.15) is 38.6 Å². The molecule has 0 aromatic carbocycles. The fourth-order valence-electron chi connectivity index (χ4n) is 3.38. The number of nitrogens with zero attached hydrogens (tertiary/aromatic N) is 4. The second-order valence-electron chi connectivity index (χ2n) is 5.80. The van der Waals surface area contributed by atoms with Crippen LogP contribution in [0.25, 0.3) is 11.2 Å². The van der Waals surface area contributed by atoms with Gasteiger partial charge in [0.25, 0.3) is 5.56 Å². The highest BCUT2D eigenvalue weighted by Crippen LogP contribution is 2.17.